The quantitative estimate of drug-likeness (QED) is 0.695. The number of primary amides is 1. The Morgan fingerprint density at radius 1 is 1.22 bits per heavy atom. The summed E-state index contributed by atoms with van der Waals surface area (Å²) in [5.41, 5.74) is 5.72. The molecule has 2 amide bonds. The molecule has 0 spiro atoms. The van der Waals surface area contributed by atoms with Gasteiger partial charge in [-0.05, 0) is 24.3 Å². The highest BCUT2D eigenvalue weighted by molar-refractivity contribution is 5.97. The molecular weight excluding hydrogens is 236 g/mol. The fourth-order valence-electron chi connectivity index (χ4n) is 1.22. The summed E-state index contributed by atoms with van der Waals surface area (Å²) in [6.07, 6.45) is 0. The van der Waals surface area contributed by atoms with Gasteiger partial charge in [-0.3, -0.25) is 14.4 Å². The molecule has 0 aliphatic rings. The number of aliphatic carboxylic acids is 1. The Morgan fingerprint density at radius 2 is 1.72 bits per heavy atom. The van der Waals surface area contributed by atoms with Crippen molar-refractivity contribution in [1.82, 2.24) is 5.32 Å². The van der Waals surface area contributed by atoms with Crippen LogP contribution in [0.1, 0.15) is 27.6 Å². The van der Waals surface area contributed by atoms with Crippen molar-refractivity contribution < 1.29 is 19.5 Å². The molecule has 0 aromatic heterocycles. The van der Waals surface area contributed by atoms with Gasteiger partial charge < -0.3 is 16.2 Å². The van der Waals surface area contributed by atoms with Crippen LogP contribution in [0.25, 0.3) is 0 Å². The second-order valence-electron chi connectivity index (χ2n) is 3.89. The van der Waals surface area contributed by atoms with E-state index < -0.39 is 17.8 Å². The van der Waals surface area contributed by atoms with Crippen LogP contribution in [0, 0.1) is 5.92 Å². The van der Waals surface area contributed by atoms with Crippen molar-refractivity contribution in [3.63, 3.8) is 0 Å². The standard InChI is InChI=1S/C12H14N2O4/c1-7(12(17)18)6-14-11(16)9-4-2-8(3-5-9)10(13)15/h2-5,7H,6H2,1H3,(H2,13,15)(H,14,16)(H,17,18). The third-order valence-electron chi connectivity index (χ3n) is 2.42. The number of hydrogen-bond donors (Lipinski definition) is 3. The number of amides is 2. The summed E-state index contributed by atoms with van der Waals surface area (Å²) in [5, 5.41) is 11.2. The van der Waals surface area contributed by atoms with Gasteiger partial charge in [-0.25, -0.2) is 0 Å². The average molecular weight is 250 g/mol. The van der Waals surface area contributed by atoms with E-state index in [1.165, 1.54) is 31.2 Å². The summed E-state index contributed by atoms with van der Waals surface area (Å²) in [5.74, 6) is -2.58. The highest BCUT2D eigenvalue weighted by Gasteiger charge is 2.13. The summed E-state index contributed by atoms with van der Waals surface area (Å²) in [6.45, 7) is 1.55. The number of benzene rings is 1. The van der Waals surface area contributed by atoms with Crippen molar-refractivity contribution in [1.29, 1.82) is 0 Å². The second-order valence-corrected chi connectivity index (χ2v) is 3.89. The Labute approximate surface area is 104 Å². The molecule has 1 atom stereocenters. The van der Waals surface area contributed by atoms with Crippen LogP contribution in [0.15, 0.2) is 24.3 Å². The van der Waals surface area contributed by atoms with Crippen LogP contribution in [-0.4, -0.2) is 29.4 Å². The smallest absolute Gasteiger partial charge is 0.308 e. The molecule has 0 heterocycles. The fraction of sp³-hybridized carbons (Fsp3) is 0.250. The van der Waals surface area contributed by atoms with Crippen LogP contribution < -0.4 is 11.1 Å². The van der Waals surface area contributed by atoms with E-state index in [1.54, 1.807) is 0 Å². The Kier molecular flexibility index (Phi) is 4.42. The lowest BCUT2D eigenvalue weighted by Gasteiger charge is -2.08. The first kappa shape index (κ1) is 13.7. The second kappa shape index (κ2) is 5.81. The molecule has 0 fully saturated rings. The van der Waals surface area contributed by atoms with Crippen LogP contribution in [0.3, 0.4) is 0 Å². The molecule has 96 valence electrons. The van der Waals surface area contributed by atoms with Gasteiger partial charge in [-0.1, -0.05) is 6.92 Å². The molecule has 0 aliphatic heterocycles. The normalized spacial score (nSPS) is 11.6. The van der Waals surface area contributed by atoms with E-state index in [1.807, 2.05) is 0 Å². The summed E-state index contributed by atoms with van der Waals surface area (Å²) < 4.78 is 0. The maximum atomic E-state index is 11.6. The molecule has 4 N–H and O–H groups in total. The minimum absolute atomic E-state index is 0.0474. The van der Waals surface area contributed by atoms with Crippen LogP contribution in [0.5, 0.6) is 0 Å². The number of hydrogen-bond acceptors (Lipinski definition) is 3. The Hall–Kier alpha value is -2.37. The SMILES string of the molecule is CC(CNC(=O)c1ccc(C(N)=O)cc1)C(=O)O. The number of nitrogens with two attached hydrogens (primary N) is 1. The van der Waals surface area contributed by atoms with Crippen LogP contribution in [0.4, 0.5) is 0 Å². The third-order valence-corrected chi connectivity index (χ3v) is 2.42. The van der Waals surface area contributed by atoms with E-state index in [2.05, 4.69) is 5.32 Å². The van der Waals surface area contributed by atoms with Crippen LogP contribution in [-0.2, 0) is 4.79 Å². The zero-order valence-corrected chi connectivity index (χ0v) is 9.84. The van der Waals surface area contributed by atoms with Crippen molar-refractivity contribution >= 4 is 17.8 Å². The van der Waals surface area contributed by atoms with Crippen LogP contribution >= 0.6 is 0 Å². The topological polar surface area (TPSA) is 109 Å². The van der Waals surface area contributed by atoms with E-state index in [0.29, 0.717) is 11.1 Å². The summed E-state index contributed by atoms with van der Waals surface area (Å²) >= 11 is 0. The van der Waals surface area contributed by atoms with E-state index in [0.717, 1.165) is 0 Å². The minimum atomic E-state index is -0.973. The van der Waals surface area contributed by atoms with E-state index in [9.17, 15) is 14.4 Å². The minimum Gasteiger partial charge on any atom is -0.481 e. The van der Waals surface area contributed by atoms with Crippen molar-refractivity contribution in [2.75, 3.05) is 6.54 Å². The predicted octanol–water partition coefficient (Wildman–Crippen LogP) is 0.236. The number of nitrogens with one attached hydrogen (secondary N) is 1. The van der Waals surface area contributed by atoms with Crippen molar-refractivity contribution in [2.45, 2.75) is 6.92 Å². The number of carboxylic acids is 1. The zero-order chi connectivity index (χ0) is 13.7. The van der Waals surface area contributed by atoms with Crippen LogP contribution in [0.2, 0.25) is 0 Å². The third kappa shape index (κ3) is 3.58. The molecule has 1 rings (SSSR count). The maximum absolute atomic E-state index is 11.6. The predicted molar refractivity (Wildman–Crippen MR) is 64.1 cm³/mol. The van der Waals surface area contributed by atoms with Gasteiger partial charge in [-0.2, -0.15) is 0 Å². The lowest BCUT2D eigenvalue weighted by Crippen LogP contribution is -2.31. The first-order valence-electron chi connectivity index (χ1n) is 5.32. The molecule has 0 saturated heterocycles. The lowest BCUT2D eigenvalue weighted by atomic mass is 10.1. The first-order valence-corrected chi connectivity index (χ1v) is 5.32. The molecule has 0 radical (unpaired) electrons. The van der Waals surface area contributed by atoms with E-state index in [4.69, 9.17) is 10.8 Å². The fourth-order valence-corrected chi connectivity index (χ4v) is 1.22. The van der Waals surface area contributed by atoms with Gasteiger partial charge in [0.1, 0.15) is 0 Å². The highest BCUT2D eigenvalue weighted by Crippen LogP contribution is 2.04. The number of carbonyl (C=O) groups excluding carboxylic acids is 2. The van der Waals surface area contributed by atoms with E-state index in [-0.39, 0.29) is 12.5 Å². The number of rotatable bonds is 5. The summed E-state index contributed by atoms with van der Waals surface area (Å²) in [7, 11) is 0. The van der Waals surface area contributed by atoms with Gasteiger partial charge in [0.05, 0.1) is 5.92 Å². The number of carbonyl (C=O) groups is 3. The molecule has 1 unspecified atom stereocenters. The average Bonchev–Trinajstić information content (AvgIpc) is 2.35. The molecule has 0 saturated carbocycles. The zero-order valence-electron chi connectivity index (χ0n) is 9.84. The molecule has 0 bridgehead atoms. The van der Waals surface area contributed by atoms with Gasteiger partial charge in [0.15, 0.2) is 0 Å². The van der Waals surface area contributed by atoms with Gasteiger partial charge in [-0.15, -0.1) is 0 Å². The van der Waals surface area contributed by atoms with E-state index >= 15 is 0 Å². The summed E-state index contributed by atoms with van der Waals surface area (Å²) in [4.78, 5) is 33.0. The first-order chi connectivity index (χ1) is 8.41. The molecular formula is C12H14N2O4. The summed E-state index contributed by atoms with van der Waals surface area (Å²) in [6, 6.07) is 5.80. The molecule has 6 heteroatoms. The molecule has 18 heavy (non-hydrogen) atoms. The van der Waals surface area contributed by atoms with Crippen molar-refractivity contribution in [2.24, 2.45) is 11.7 Å². The molecule has 0 aliphatic carbocycles. The Bertz CT molecular complexity index is 467. The highest BCUT2D eigenvalue weighted by atomic mass is 16.4. The van der Waals surface area contributed by atoms with Gasteiger partial charge in [0, 0.05) is 17.7 Å². The van der Waals surface area contributed by atoms with Gasteiger partial charge in [0.2, 0.25) is 5.91 Å². The maximum Gasteiger partial charge on any atom is 0.308 e. The molecule has 6 nitrogen and oxygen atoms in total. The lowest BCUT2D eigenvalue weighted by molar-refractivity contribution is -0.140. The van der Waals surface area contributed by atoms with Crippen molar-refractivity contribution in [3.05, 3.63) is 35.4 Å². The van der Waals surface area contributed by atoms with Gasteiger partial charge >= 0.3 is 5.97 Å². The van der Waals surface area contributed by atoms with Crippen molar-refractivity contribution in [3.8, 4) is 0 Å². The monoisotopic (exact) mass is 250 g/mol. The van der Waals surface area contributed by atoms with Gasteiger partial charge in [0.25, 0.3) is 5.91 Å². The largest absolute Gasteiger partial charge is 0.481 e. The Balaban J connectivity index is 2.62. The Morgan fingerprint density at radius 3 is 2.17 bits per heavy atom. The molecule has 1 aromatic carbocycles. The molecule has 1 aromatic rings. The number of carboxylic acid groups (broad SMARTS) is 1.